The minimum atomic E-state index is -3.66. The van der Waals surface area contributed by atoms with Crippen molar-refractivity contribution < 1.29 is 13.2 Å². The number of carbonyl (C=O) groups excluding carboxylic acids is 1. The number of aromatic nitrogens is 2. The highest BCUT2D eigenvalue weighted by molar-refractivity contribution is 7.89. The van der Waals surface area contributed by atoms with Gasteiger partial charge >= 0.3 is 0 Å². The Balaban J connectivity index is 1.74. The van der Waals surface area contributed by atoms with E-state index in [2.05, 4.69) is 10.4 Å². The number of carbonyl (C=O) groups is 1. The van der Waals surface area contributed by atoms with Crippen LogP contribution < -0.4 is 5.32 Å². The van der Waals surface area contributed by atoms with Gasteiger partial charge < -0.3 is 5.32 Å². The minimum Gasteiger partial charge on any atom is -0.311 e. The molecule has 152 valence electrons. The molecule has 1 aliphatic rings. The molecule has 1 fully saturated rings. The predicted octanol–water partition coefficient (Wildman–Crippen LogP) is 3.47. The lowest BCUT2D eigenvalue weighted by molar-refractivity contribution is -0.120. The van der Waals surface area contributed by atoms with E-state index in [4.69, 9.17) is 11.6 Å². The molecule has 28 heavy (non-hydrogen) atoms. The SMILES string of the molecule is Cc1cc(NC(=O)[C@@H]2CCCN(S(=O)(=O)c3ccc(Cl)cc3)C2)n(C(C)C)n1. The normalized spacial score (nSPS) is 18.4. The molecule has 0 radical (unpaired) electrons. The van der Waals surface area contributed by atoms with Gasteiger partial charge in [-0.05, 0) is 57.9 Å². The van der Waals surface area contributed by atoms with Gasteiger partial charge in [-0.1, -0.05) is 11.6 Å². The molecule has 0 bridgehead atoms. The highest BCUT2D eigenvalue weighted by atomic mass is 35.5. The first-order valence-electron chi connectivity index (χ1n) is 9.31. The Labute approximate surface area is 170 Å². The molecule has 3 rings (SSSR count). The van der Waals surface area contributed by atoms with Gasteiger partial charge in [0, 0.05) is 30.2 Å². The highest BCUT2D eigenvalue weighted by Crippen LogP contribution is 2.26. The van der Waals surface area contributed by atoms with Crippen LogP contribution in [0.1, 0.15) is 38.4 Å². The van der Waals surface area contributed by atoms with Crippen molar-refractivity contribution in [3.05, 3.63) is 41.0 Å². The average Bonchev–Trinajstić information content (AvgIpc) is 3.02. The summed E-state index contributed by atoms with van der Waals surface area (Å²) < 4.78 is 29.0. The molecular formula is C19H25ClN4O3S. The van der Waals surface area contributed by atoms with Crippen molar-refractivity contribution in [1.29, 1.82) is 0 Å². The maximum Gasteiger partial charge on any atom is 0.243 e. The van der Waals surface area contributed by atoms with Crippen LogP contribution in [-0.4, -0.2) is 41.5 Å². The van der Waals surface area contributed by atoms with Crippen molar-refractivity contribution in [2.45, 2.75) is 44.6 Å². The first-order chi connectivity index (χ1) is 13.2. The van der Waals surface area contributed by atoms with Gasteiger partial charge in [-0.3, -0.25) is 4.79 Å². The molecule has 1 aromatic carbocycles. The molecule has 1 atom stereocenters. The maximum atomic E-state index is 12.9. The lowest BCUT2D eigenvalue weighted by atomic mass is 9.99. The Hall–Kier alpha value is -1.90. The quantitative estimate of drug-likeness (QED) is 0.796. The van der Waals surface area contributed by atoms with Crippen LogP contribution in [0.2, 0.25) is 5.02 Å². The molecule has 1 saturated heterocycles. The van der Waals surface area contributed by atoms with E-state index in [1.807, 2.05) is 26.8 Å². The molecule has 1 aromatic heterocycles. The lowest BCUT2D eigenvalue weighted by Crippen LogP contribution is -2.43. The van der Waals surface area contributed by atoms with E-state index in [0.717, 1.165) is 5.69 Å². The standard InChI is InChI=1S/C19H25ClN4O3S/c1-13(2)24-18(11-14(3)22-24)21-19(25)15-5-4-10-23(12-15)28(26,27)17-8-6-16(20)7-9-17/h6-9,11,13,15H,4-5,10,12H2,1-3H3,(H,21,25)/t15-/m1/s1. The number of benzene rings is 1. The fourth-order valence-corrected chi connectivity index (χ4v) is 5.01. The van der Waals surface area contributed by atoms with Crippen LogP contribution in [0.4, 0.5) is 5.82 Å². The summed E-state index contributed by atoms with van der Waals surface area (Å²) in [6.45, 7) is 6.41. The number of halogens is 1. The summed E-state index contributed by atoms with van der Waals surface area (Å²) in [5.74, 6) is 0.0413. The fourth-order valence-electron chi connectivity index (χ4n) is 3.36. The molecule has 9 heteroatoms. The second kappa shape index (κ2) is 8.23. The largest absolute Gasteiger partial charge is 0.311 e. The summed E-state index contributed by atoms with van der Waals surface area (Å²) in [5.41, 5.74) is 0.819. The Bertz CT molecular complexity index is 954. The first kappa shape index (κ1) is 20.8. The van der Waals surface area contributed by atoms with E-state index in [0.29, 0.717) is 30.2 Å². The molecule has 0 spiro atoms. The smallest absolute Gasteiger partial charge is 0.243 e. The van der Waals surface area contributed by atoms with Gasteiger partial charge in [0.1, 0.15) is 5.82 Å². The van der Waals surface area contributed by atoms with Crippen molar-refractivity contribution in [3.63, 3.8) is 0 Å². The Morgan fingerprint density at radius 1 is 1.29 bits per heavy atom. The number of sulfonamides is 1. The zero-order valence-corrected chi connectivity index (χ0v) is 17.8. The molecule has 2 aromatic rings. The monoisotopic (exact) mass is 424 g/mol. The van der Waals surface area contributed by atoms with Crippen LogP contribution in [-0.2, 0) is 14.8 Å². The minimum absolute atomic E-state index is 0.108. The number of anilines is 1. The highest BCUT2D eigenvalue weighted by Gasteiger charge is 2.33. The number of hydrogen-bond acceptors (Lipinski definition) is 4. The van der Waals surface area contributed by atoms with Crippen LogP contribution >= 0.6 is 11.6 Å². The fraction of sp³-hybridized carbons (Fsp3) is 0.474. The molecule has 0 unspecified atom stereocenters. The van der Waals surface area contributed by atoms with Gasteiger partial charge in [-0.2, -0.15) is 9.40 Å². The predicted molar refractivity (Wildman–Crippen MR) is 109 cm³/mol. The van der Waals surface area contributed by atoms with Gasteiger partial charge in [-0.25, -0.2) is 13.1 Å². The third-order valence-corrected chi connectivity index (χ3v) is 6.94. The molecule has 1 amide bonds. The third-order valence-electron chi connectivity index (χ3n) is 4.80. The van der Waals surface area contributed by atoms with Gasteiger partial charge in [-0.15, -0.1) is 0 Å². The summed E-state index contributed by atoms with van der Waals surface area (Å²) >= 11 is 5.86. The summed E-state index contributed by atoms with van der Waals surface area (Å²) in [7, 11) is -3.66. The number of aryl methyl sites for hydroxylation is 1. The van der Waals surface area contributed by atoms with Crippen molar-refractivity contribution in [2.75, 3.05) is 18.4 Å². The number of piperidine rings is 1. The summed E-state index contributed by atoms with van der Waals surface area (Å²) in [6.07, 6.45) is 1.28. The van der Waals surface area contributed by atoms with Gasteiger partial charge in [0.2, 0.25) is 15.9 Å². The maximum absolute atomic E-state index is 12.9. The molecule has 1 aliphatic heterocycles. The Kier molecular flexibility index (Phi) is 6.12. The third kappa shape index (κ3) is 4.39. The lowest BCUT2D eigenvalue weighted by Gasteiger charge is -2.31. The number of nitrogens with zero attached hydrogens (tertiary/aromatic N) is 3. The Morgan fingerprint density at radius 2 is 1.96 bits per heavy atom. The van der Waals surface area contributed by atoms with E-state index in [1.165, 1.54) is 16.4 Å². The van der Waals surface area contributed by atoms with Crippen molar-refractivity contribution in [1.82, 2.24) is 14.1 Å². The number of amides is 1. The van der Waals surface area contributed by atoms with Gasteiger partial charge in [0.15, 0.2) is 0 Å². The van der Waals surface area contributed by atoms with Crippen LogP contribution in [0, 0.1) is 12.8 Å². The molecule has 1 N–H and O–H groups in total. The van der Waals surface area contributed by atoms with Crippen LogP contribution in [0.3, 0.4) is 0 Å². The van der Waals surface area contributed by atoms with Crippen LogP contribution in [0.25, 0.3) is 0 Å². The summed E-state index contributed by atoms with van der Waals surface area (Å²) in [5, 5.41) is 7.80. The zero-order valence-electron chi connectivity index (χ0n) is 16.2. The van der Waals surface area contributed by atoms with Crippen LogP contribution in [0.5, 0.6) is 0 Å². The van der Waals surface area contributed by atoms with Crippen molar-refractivity contribution in [2.24, 2.45) is 5.92 Å². The van der Waals surface area contributed by atoms with E-state index in [9.17, 15) is 13.2 Å². The van der Waals surface area contributed by atoms with Crippen molar-refractivity contribution in [3.8, 4) is 0 Å². The first-order valence-corrected chi connectivity index (χ1v) is 11.1. The molecule has 0 saturated carbocycles. The Morgan fingerprint density at radius 3 is 2.61 bits per heavy atom. The van der Waals surface area contributed by atoms with E-state index >= 15 is 0 Å². The molecule has 0 aliphatic carbocycles. The average molecular weight is 425 g/mol. The summed E-state index contributed by atoms with van der Waals surface area (Å²) in [6, 6.07) is 8.02. The second-order valence-electron chi connectivity index (χ2n) is 7.35. The van der Waals surface area contributed by atoms with Crippen LogP contribution in [0.15, 0.2) is 35.2 Å². The summed E-state index contributed by atoms with van der Waals surface area (Å²) in [4.78, 5) is 13.0. The topological polar surface area (TPSA) is 84.3 Å². The molecule has 2 heterocycles. The molecule has 7 nitrogen and oxygen atoms in total. The van der Waals surface area contributed by atoms with E-state index in [-0.39, 0.29) is 23.4 Å². The number of nitrogens with one attached hydrogen (secondary N) is 1. The van der Waals surface area contributed by atoms with E-state index < -0.39 is 15.9 Å². The number of hydrogen-bond donors (Lipinski definition) is 1. The molecular weight excluding hydrogens is 400 g/mol. The van der Waals surface area contributed by atoms with Crippen molar-refractivity contribution >= 4 is 33.3 Å². The van der Waals surface area contributed by atoms with Gasteiger partial charge in [0.25, 0.3) is 0 Å². The van der Waals surface area contributed by atoms with E-state index in [1.54, 1.807) is 16.8 Å². The zero-order chi connectivity index (χ0) is 20.5. The number of rotatable bonds is 5. The van der Waals surface area contributed by atoms with Gasteiger partial charge in [0.05, 0.1) is 16.5 Å². The second-order valence-corrected chi connectivity index (χ2v) is 9.73.